The van der Waals surface area contributed by atoms with Gasteiger partial charge in [0.25, 0.3) is 5.91 Å². The van der Waals surface area contributed by atoms with E-state index < -0.39 is 5.54 Å². The summed E-state index contributed by atoms with van der Waals surface area (Å²) in [5, 5.41) is 2.95. The summed E-state index contributed by atoms with van der Waals surface area (Å²) in [5.41, 5.74) is 4.01. The van der Waals surface area contributed by atoms with Crippen molar-refractivity contribution in [1.29, 1.82) is 0 Å². The van der Waals surface area contributed by atoms with E-state index in [1.807, 2.05) is 55.5 Å². The number of amides is 3. The predicted octanol–water partition coefficient (Wildman–Crippen LogP) is 2.83. The molecule has 1 aromatic heterocycles. The number of carbonyl (C=O) groups is 2. The van der Waals surface area contributed by atoms with Crippen LogP contribution in [0.1, 0.15) is 28.9 Å². The molecule has 1 unspecified atom stereocenters. The summed E-state index contributed by atoms with van der Waals surface area (Å²) in [7, 11) is 0. The third kappa shape index (κ3) is 2.26. The topological polar surface area (TPSA) is 75.2 Å². The number of aromatic nitrogens is 2. The normalized spacial score (nSPS) is 21.1. The quantitative estimate of drug-likeness (QED) is 0.715. The summed E-state index contributed by atoms with van der Waals surface area (Å²) in [5.74, 6) is -0.202. The lowest BCUT2D eigenvalue weighted by molar-refractivity contribution is -0.132. The molecule has 27 heavy (non-hydrogen) atoms. The first-order chi connectivity index (χ1) is 13.1. The number of fused-ring (bicyclic) bond motifs is 3. The second kappa shape index (κ2) is 5.61. The van der Waals surface area contributed by atoms with Crippen LogP contribution in [-0.2, 0) is 23.3 Å². The summed E-state index contributed by atoms with van der Waals surface area (Å²) in [6.07, 6.45) is 1.38. The Morgan fingerprint density at radius 3 is 2.56 bits per heavy atom. The number of aryl methyl sites for hydroxylation is 2. The Morgan fingerprint density at radius 1 is 1.04 bits per heavy atom. The van der Waals surface area contributed by atoms with E-state index in [9.17, 15) is 9.59 Å². The fraction of sp³-hybridized carbons (Fsp3) is 0.238. The maximum Gasteiger partial charge on any atom is 0.325 e. The Labute approximate surface area is 156 Å². The zero-order valence-corrected chi connectivity index (χ0v) is 14.9. The van der Waals surface area contributed by atoms with Gasteiger partial charge >= 0.3 is 6.03 Å². The van der Waals surface area contributed by atoms with Crippen LogP contribution in [0.4, 0.5) is 4.79 Å². The highest BCUT2D eigenvalue weighted by atomic mass is 16.2. The van der Waals surface area contributed by atoms with E-state index in [-0.39, 0.29) is 18.5 Å². The van der Waals surface area contributed by atoms with Gasteiger partial charge in [0, 0.05) is 0 Å². The van der Waals surface area contributed by atoms with Crippen LogP contribution in [0.2, 0.25) is 0 Å². The molecule has 0 saturated carbocycles. The molecule has 1 atom stereocenters. The van der Waals surface area contributed by atoms with Crippen molar-refractivity contribution in [2.24, 2.45) is 0 Å². The van der Waals surface area contributed by atoms with E-state index in [0.717, 1.165) is 34.3 Å². The maximum absolute atomic E-state index is 13.3. The second-order valence-electron chi connectivity index (χ2n) is 7.13. The van der Waals surface area contributed by atoms with Gasteiger partial charge in [0.2, 0.25) is 0 Å². The minimum atomic E-state index is -0.939. The monoisotopic (exact) mass is 358 g/mol. The van der Waals surface area contributed by atoms with Crippen LogP contribution in [0.3, 0.4) is 0 Å². The van der Waals surface area contributed by atoms with Crippen molar-refractivity contribution in [2.45, 2.75) is 31.8 Å². The number of nitrogens with zero attached hydrogens (tertiary/aromatic N) is 3. The molecule has 134 valence electrons. The Kier molecular flexibility index (Phi) is 3.31. The third-order valence-electron chi connectivity index (χ3n) is 5.57. The Hall–Kier alpha value is -3.28. The Morgan fingerprint density at radius 2 is 1.74 bits per heavy atom. The smallest absolute Gasteiger partial charge is 0.319 e. The molecule has 1 aliphatic carbocycles. The first-order valence-corrected chi connectivity index (χ1v) is 9.03. The number of imide groups is 1. The average molecular weight is 358 g/mol. The van der Waals surface area contributed by atoms with Crippen molar-refractivity contribution < 1.29 is 9.59 Å². The lowest BCUT2D eigenvalue weighted by atomic mass is 9.92. The van der Waals surface area contributed by atoms with Gasteiger partial charge in [-0.25, -0.2) is 14.8 Å². The molecule has 3 amide bonds. The lowest BCUT2D eigenvalue weighted by Crippen LogP contribution is -2.41. The fourth-order valence-electron chi connectivity index (χ4n) is 4.16. The predicted molar refractivity (Wildman–Crippen MR) is 99.8 cm³/mol. The van der Waals surface area contributed by atoms with Gasteiger partial charge in [0.1, 0.15) is 5.54 Å². The van der Waals surface area contributed by atoms with Crippen molar-refractivity contribution in [3.05, 3.63) is 71.0 Å². The number of benzene rings is 2. The zero-order valence-electron chi connectivity index (χ0n) is 14.9. The molecule has 0 radical (unpaired) electrons. The summed E-state index contributed by atoms with van der Waals surface area (Å²) in [6.45, 7) is 1.98. The molecule has 3 aromatic rings. The Balaban J connectivity index is 1.51. The maximum atomic E-state index is 13.3. The number of hydrogen-bond donors (Lipinski definition) is 1. The van der Waals surface area contributed by atoms with Gasteiger partial charge in [-0.1, -0.05) is 36.4 Å². The van der Waals surface area contributed by atoms with E-state index in [1.54, 1.807) is 0 Å². The van der Waals surface area contributed by atoms with Crippen LogP contribution in [0.5, 0.6) is 0 Å². The molecule has 1 spiro atoms. The van der Waals surface area contributed by atoms with Crippen LogP contribution >= 0.6 is 0 Å². The van der Waals surface area contributed by atoms with Gasteiger partial charge < -0.3 is 5.32 Å². The van der Waals surface area contributed by atoms with Gasteiger partial charge in [-0.2, -0.15) is 0 Å². The summed E-state index contributed by atoms with van der Waals surface area (Å²) in [6, 6.07) is 15.0. The second-order valence-corrected chi connectivity index (χ2v) is 7.13. The Bertz CT molecular complexity index is 1110. The van der Waals surface area contributed by atoms with Gasteiger partial charge in [-0.3, -0.25) is 9.69 Å². The van der Waals surface area contributed by atoms with Crippen LogP contribution < -0.4 is 5.32 Å². The molecule has 1 fully saturated rings. The number of para-hydroxylation sites is 2. The molecule has 1 saturated heterocycles. The highest BCUT2D eigenvalue weighted by molar-refractivity contribution is 6.08. The summed E-state index contributed by atoms with van der Waals surface area (Å²) < 4.78 is 0. The molecule has 6 heteroatoms. The number of hydrogen-bond acceptors (Lipinski definition) is 4. The first kappa shape index (κ1) is 15.9. The van der Waals surface area contributed by atoms with Crippen LogP contribution in [0.15, 0.2) is 48.5 Å². The van der Waals surface area contributed by atoms with Crippen molar-refractivity contribution in [2.75, 3.05) is 0 Å². The lowest BCUT2D eigenvalue weighted by Gasteiger charge is -2.22. The molecular formula is C21H18N4O2. The fourth-order valence-corrected chi connectivity index (χ4v) is 4.16. The van der Waals surface area contributed by atoms with Crippen LogP contribution in [-0.4, -0.2) is 26.8 Å². The standard InChI is InChI=1S/C21H18N4O2/c1-13-18(23-17-9-5-4-8-16(17)22-13)12-25-19(26)21(24-20(25)27)11-10-14-6-2-3-7-15(14)21/h2-9H,10-12H2,1H3,(H,24,27). The molecule has 2 aliphatic rings. The van der Waals surface area contributed by atoms with E-state index >= 15 is 0 Å². The van der Waals surface area contributed by atoms with Crippen LogP contribution in [0, 0.1) is 6.92 Å². The molecule has 1 N–H and O–H groups in total. The molecule has 5 rings (SSSR count). The zero-order chi connectivity index (χ0) is 18.6. The molecular weight excluding hydrogens is 340 g/mol. The van der Waals surface area contributed by atoms with Gasteiger partial charge in [-0.05, 0) is 43.0 Å². The molecule has 6 nitrogen and oxygen atoms in total. The molecule has 0 bridgehead atoms. The number of urea groups is 1. The van der Waals surface area contributed by atoms with E-state index in [2.05, 4.69) is 15.3 Å². The average Bonchev–Trinajstić information content (AvgIpc) is 3.16. The van der Waals surface area contributed by atoms with Gasteiger partial charge in [0.05, 0.1) is 29.0 Å². The largest absolute Gasteiger partial charge is 0.325 e. The number of nitrogens with one attached hydrogen (secondary N) is 1. The minimum Gasteiger partial charge on any atom is -0.319 e. The van der Waals surface area contributed by atoms with E-state index in [4.69, 9.17) is 0 Å². The highest BCUT2D eigenvalue weighted by Gasteiger charge is 2.55. The third-order valence-corrected chi connectivity index (χ3v) is 5.57. The van der Waals surface area contributed by atoms with E-state index in [0.29, 0.717) is 12.1 Å². The van der Waals surface area contributed by atoms with Crippen molar-refractivity contribution in [3.8, 4) is 0 Å². The van der Waals surface area contributed by atoms with Gasteiger partial charge in [-0.15, -0.1) is 0 Å². The highest BCUT2D eigenvalue weighted by Crippen LogP contribution is 2.41. The van der Waals surface area contributed by atoms with Crippen LogP contribution in [0.25, 0.3) is 11.0 Å². The minimum absolute atomic E-state index is 0.123. The SMILES string of the molecule is Cc1nc2ccccc2nc1CN1C(=O)NC2(CCc3ccccc32)C1=O. The number of carbonyl (C=O) groups excluding carboxylic acids is 2. The van der Waals surface area contributed by atoms with Gasteiger partial charge in [0.15, 0.2) is 0 Å². The van der Waals surface area contributed by atoms with Crippen molar-refractivity contribution in [3.63, 3.8) is 0 Å². The molecule has 1 aliphatic heterocycles. The van der Waals surface area contributed by atoms with Crippen molar-refractivity contribution in [1.82, 2.24) is 20.2 Å². The van der Waals surface area contributed by atoms with Crippen molar-refractivity contribution >= 4 is 23.0 Å². The first-order valence-electron chi connectivity index (χ1n) is 9.03. The molecule has 2 aromatic carbocycles. The summed E-state index contributed by atoms with van der Waals surface area (Å²) >= 11 is 0. The molecule has 2 heterocycles. The summed E-state index contributed by atoms with van der Waals surface area (Å²) in [4.78, 5) is 36.4. The van der Waals surface area contributed by atoms with E-state index in [1.165, 1.54) is 4.90 Å². The number of rotatable bonds is 2.